The normalized spacial score (nSPS) is 23.4. The van der Waals surface area contributed by atoms with Crippen LogP contribution in [0.1, 0.15) is 42.5 Å². The van der Waals surface area contributed by atoms with Gasteiger partial charge in [0.2, 0.25) is 11.8 Å². The average molecular weight is 442 g/mol. The fourth-order valence-corrected chi connectivity index (χ4v) is 5.10. The first kappa shape index (κ1) is 22.9. The van der Waals surface area contributed by atoms with Crippen LogP contribution in [0.3, 0.4) is 0 Å². The van der Waals surface area contributed by atoms with E-state index in [1.165, 1.54) is 0 Å². The van der Waals surface area contributed by atoms with E-state index in [4.69, 9.17) is 4.74 Å². The van der Waals surface area contributed by atoms with E-state index in [-0.39, 0.29) is 29.4 Å². The van der Waals surface area contributed by atoms with Crippen molar-refractivity contribution < 1.29 is 19.1 Å². The summed E-state index contributed by atoms with van der Waals surface area (Å²) in [5.41, 5.74) is 0.760. The van der Waals surface area contributed by atoms with E-state index in [2.05, 4.69) is 4.90 Å². The SMILES string of the molecule is O=C(c1ccccc1)C1CCN(C(=O)C2CCC(=O)N(CCCN3CCOCC3)C2)CC1. The Morgan fingerprint density at radius 1 is 0.906 bits per heavy atom. The van der Waals surface area contributed by atoms with E-state index in [0.717, 1.165) is 44.8 Å². The number of hydrogen-bond acceptors (Lipinski definition) is 5. The molecule has 0 spiro atoms. The number of hydrogen-bond donors (Lipinski definition) is 0. The second kappa shape index (κ2) is 11.1. The highest BCUT2D eigenvalue weighted by Gasteiger charge is 2.35. The van der Waals surface area contributed by atoms with Crippen molar-refractivity contribution in [3.05, 3.63) is 35.9 Å². The number of carbonyl (C=O) groups excluding carboxylic acids is 3. The number of ketones is 1. The molecule has 1 aromatic rings. The first-order chi connectivity index (χ1) is 15.6. The predicted molar refractivity (Wildman–Crippen MR) is 121 cm³/mol. The van der Waals surface area contributed by atoms with E-state index in [0.29, 0.717) is 51.9 Å². The second-order valence-corrected chi connectivity index (χ2v) is 9.21. The number of amides is 2. The van der Waals surface area contributed by atoms with Crippen LogP contribution in [0.25, 0.3) is 0 Å². The molecule has 0 N–H and O–H groups in total. The summed E-state index contributed by atoms with van der Waals surface area (Å²) < 4.78 is 5.39. The van der Waals surface area contributed by atoms with E-state index >= 15 is 0 Å². The summed E-state index contributed by atoms with van der Waals surface area (Å²) in [6.45, 7) is 6.95. The second-order valence-electron chi connectivity index (χ2n) is 9.21. The van der Waals surface area contributed by atoms with Gasteiger partial charge in [-0.2, -0.15) is 0 Å². The molecule has 32 heavy (non-hydrogen) atoms. The van der Waals surface area contributed by atoms with Gasteiger partial charge >= 0.3 is 0 Å². The Kier molecular flexibility index (Phi) is 7.92. The van der Waals surface area contributed by atoms with Crippen molar-refractivity contribution >= 4 is 17.6 Å². The highest BCUT2D eigenvalue weighted by molar-refractivity contribution is 5.98. The van der Waals surface area contributed by atoms with Crippen molar-refractivity contribution in [2.75, 3.05) is 59.0 Å². The molecule has 3 aliphatic heterocycles. The lowest BCUT2D eigenvalue weighted by molar-refractivity contribution is -0.144. The van der Waals surface area contributed by atoms with Gasteiger partial charge in [-0.3, -0.25) is 19.3 Å². The van der Waals surface area contributed by atoms with Crippen LogP contribution in [0.5, 0.6) is 0 Å². The van der Waals surface area contributed by atoms with Crippen LogP contribution in [-0.4, -0.2) is 91.3 Å². The Hall–Kier alpha value is -2.25. The predicted octanol–water partition coefficient (Wildman–Crippen LogP) is 2.07. The summed E-state index contributed by atoms with van der Waals surface area (Å²) in [6.07, 6.45) is 3.46. The molecule has 0 bridgehead atoms. The fourth-order valence-electron chi connectivity index (χ4n) is 5.10. The summed E-state index contributed by atoms with van der Waals surface area (Å²) in [5.74, 6) is 0.389. The highest BCUT2D eigenvalue weighted by Crippen LogP contribution is 2.26. The minimum absolute atomic E-state index is 0.00827. The van der Waals surface area contributed by atoms with Gasteiger partial charge in [-0.15, -0.1) is 0 Å². The number of likely N-dealkylation sites (tertiary alicyclic amines) is 2. The molecule has 0 saturated carbocycles. The van der Waals surface area contributed by atoms with Crippen LogP contribution in [0.15, 0.2) is 30.3 Å². The molecule has 1 aromatic carbocycles. The Morgan fingerprint density at radius 2 is 1.62 bits per heavy atom. The van der Waals surface area contributed by atoms with Gasteiger partial charge in [-0.25, -0.2) is 0 Å². The standard InChI is InChI=1S/C25H35N3O4/c29-23-8-7-22(19-28(23)12-4-11-26-15-17-32-18-16-26)25(31)27-13-9-21(10-14-27)24(30)20-5-2-1-3-6-20/h1-3,5-6,21-22H,4,7-19H2. The number of rotatable bonds is 7. The number of morpholine rings is 1. The lowest BCUT2D eigenvalue weighted by Crippen LogP contribution is -2.49. The maximum absolute atomic E-state index is 13.2. The molecule has 0 aliphatic carbocycles. The average Bonchev–Trinajstić information content (AvgIpc) is 2.85. The molecule has 1 unspecified atom stereocenters. The lowest BCUT2D eigenvalue weighted by Gasteiger charge is -2.37. The molecule has 3 heterocycles. The zero-order valence-electron chi connectivity index (χ0n) is 18.9. The van der Waals surface area contributed by atoms with Gasteiger partial charge in [0.25, 0.3) is 0 Å². The zero-order valence-corrected chi connectivity index (χ0v) is 18.9. The summed E-state index contributed by atoms with van der Waals surface area (Å²) in [6, 6.07) is 9.43. The van der Waals surface area contributed by atoms with Crippen molar-refractivity contribution in [1.82, 2.24) is 14.7 Å². The summed E-state index contributed by atoms with van der Waals surface area (Å²) in [7, 11) is 0. The molecule has 2 amide bonds. The van der Waals surface area contributed by atoms with Gasteiger partial charge in [-0.05, 0) is 25.7 Å². The number of ether oxygens (including phenoxy) is 1. The molecular weight excluding hydrogens is 406 g/mol. The summed E-state index contributed by atoms with van der Waals surface area (Å²) >= 11 is 0. The van der Waals surface area contributed by atoms with Crippen LogP contribution in [0, 0.1) is 11.8 Å². The highest BCUT2D eigenvalue weighted by atomic mass is 16.5. The molecule has 1 atom stereocenters. The minimum atomic E-state index is -0.113. The van der Waals surface area contributed by atoms with Crippen molar-refractivity contribution in [2.45, 2.75) is 32.1 Å². The molecule has 4 rings (SSSR count). The zero-order chi connectivity index (χ0) is 22.3. The summed E-state index contributed by atoms with van der Waals surface area (Å²) in [5, 5.41) is 0. The van der Waals surface area contributed by atoms with Gasteiger partial charge in [-0.1, -0.05) is 30.3 Å². The number of carbonyl (C=O) groups is 3. The van der Waals surface area contributed by atoms with Crippen LogP contribution < -0.4 is 0 Å². The molecule has 174 valence electrons. The van der Waals surface area contributed by atoms with Crippen LogP contribution >= 0.6 is 0 Å². The Balaban J connectivity index is 1.23. The molecular formula is C25H35N3O4. The third kappa shape index (κ3) is 5.75. The van der Waals surface area contributed by atoms with Crippen LogP contribution in [0.4, 0.5) is 0 Å². The van der Waals surface area contributed by atoms with Crippen molar-refractivity contribution in [3.63, 3.8) is 0 Å². The third-order valence-corrected chi connectivity index (χ3v) is 7.09. The van der Waals surface area contributed by atoms with E-state index in [1.807, 2.05) is 40.1 Å². The first-order valence-corrected chi connectivity index (χ1v) is 12.1. The number of Topliss-reactive ketones (excluding diaryl/α,β-unsaturated/α-hetero) is 1. The van der Waals surface area contributed by atoms with Crippen LogP contribution in [0.2, 0.25) is 0 Å². The number of benzene rings is 1. The minimum Gasteiger partial charge on any atom is -0.379 e. The Morgan fingerprint density at radius 3 is 2.34 bits per heavy atom. The fraction of sp³-hybridized carbons (Fsp3) is 0.640. The molecule has 3 saturated heterocycles. The summed E-state index contributed by atoms with van der Waals surface area (Å²) in [4.78, 5) is 44.5. The van der Waals surface area contributed by atoms with Crippen molar-refractivity contribution in [2.24, 2.45) is 11.8 Å². The van der Waals surface area contributed by atoms with E-state index in [9.17, 15) is 14.4 Å². The monoisotopic (exact) mass is 441 g/mol. The van der Waals surface area contributed by atoms with E-state index in [1.54, 1.807) is 0 Å². The van der Waals surface area contributed by atoms with E-state index < -0.39 is 0 Å². The Bertz CT molecular complexity index is 786. The lowest BCUT2D eigenvalue weighted by atomic mass is 9.88. The topological polar surface area (TPSA) is 70.2 Å². The first-order valence-electron chi connectivity index (χ1n) is 12.1. The third-order valence-electron chi connectivity index (χ3n) is 7.09. The van der Waals surface area contributed by atoms with Gasteiger partial charge in [0.15, 0.2) is 5.78 Å². The molecule has 3 fully saturated rings. The van der Waals surface area contributed by atoms with Gasteiger partial charge < -0.3 is 14.5 Å². The van der Waals surface area contributed by atoms with Gasteiger partial charge in [0, 0.05) is 63.7 Å². The van der Waals surface area contributed by atoms with Gasteiger partial charge in [0.05, 0.1) is 19.1 Å². The van der Waals surface area contributed by atoms with Crippen LogP contribution in [-0.2, 0) is 14.3 Å². The molecule has 0 radical (unpaired) electrons. The van der Waals surface area contributed by atoms with Crippen molar-refractivity contribution in [1.29, 1.82) is 0 Å². The Labute approximate surface area is 190 Å². The number of piperidine rings is 2. The quantitative estimate of drug-likeness (QED) is 0.606. The van der Waals surface area contributed by atoms with Gasteiger partial charge in [0.1, 0.15) is 0 Å². The molecule has 7 nitrogen and oxygen atoms in total. The smallest absolute Gasteiger partial charge is 0.227 e. The molecule has 3 aliphatic rings. The van der Waals surface area contributed by atoms with Crippen molar-refractivity contribution in [3.8, 4) is 0 Å². The largest absolute Gasteiger partial charge is 0.379 e. The maximum atomic E-state index is 13.2. The maximum Gasteiger partial charge on any atom is 0.227 e. The number of nitrogens with zero attached hydrogens (tertiary/aromatic N) is 3. The molecule has 0 aromatic heterocycles. The molecule has 7 heteroatoms.